The van der Waals surface area contributed by atoms with Crippen LogP contribution in [0.3, 0.4) is 0 Å². The van der Waals surface area contributed by atoms with E-state index in [1.54, 1.807) is 41.0 Å². The first-order valence-corrected chi connectivity index (χ1v) is 6.55. The number of nitrogens with one attached hydrogen (secondary N) is 1. The molecule has 2 aromatic heterocycles. The van der Waals surface area contributed by atoms with E-state index in [1.165, 1.54) is 6.07 Å². The van der Waals surface area contributed by atoms with Crippen molar-refractivity contribution in [3.63, 3.8) is 0 Å². The van der Waals surface area contributed by atoms with Crippen LogP contribution in [0.1, 0.15) is 16.1 Å². The highest BCUT2D eigenvalue weighted by atomic mass is 19.1. The number of halogens is 1. The van der Waals surface area contributed by atoms with Gasteiger partial charge < -0.3 is 9.88 Å². The van der Waals surface area contributed by atoms with Gasteiger partial charge in [-0.2, -0.15) is 5.10 Å². The van der Waals surface area contributed by atoms with Crippen LogP contribution >= 0.6 is 0 Å². The molecular weight excluding hydrogens is 271 g/mol. The van der Waals surface area contributed by atoms with Crippen molar-refractivity contribution in [2.75, 3.05) is 7.05 Å². The van der Waals surface area contributed by atoms with Gasteiger partial charge >= 0.3 is 0 Å². The molecule has 6 heteroatoms. The number of rotatable bonds is 3. The highest BCUT2D eigenvalue weighted by molar-refractivity contribution is 5.98. The summed E-state index contributed by atoms with van der Waals surface area (Å²) in [7, 11) is 3.53. The van der Waals surface area contributed by atoms with Crippen molar-refractivity contribution in [3.8, 4) is 0 Å². The van der Waals surface area contributed by atoms with Crippen molar-refractivity contribution in [1.29, 1.82) is 0 Å². The van der Waals surface area contributed by atoms with Gasteiger partial charge in [-0.1, -0.05) is 6.07 Å². The molecule has 0 saturated heterocycles. The molecule has 0 spiro atoms. The molecule has 21 heavy (non-hydrogen) atoms. The normalized spacial score (nSPS) is 11.0. The van der Waals surface area contributed by atoms with E-state index in [1.807, 2.05) is 13.2 Å². The molecule has 0 aliphatic heterocycles. The van der Waals surface area contributed by atoms with Crippen LogP contribution in [-0.4, -0.2) is 32.6 Å². The van der Waals surface area contributed by atoms with E-state index in [0.29, 0.717) is 23.1 Å². The van der Waals surface area contributed by atoms with Crippen molar-refractivity contribution in [3.05, 3.63) is 53.7 Å². The SMILES string of the molecule is CN(Cc1cnn(C)c1)C(=O)c1cc2c(F)cccc2[nH]1. The lowest BCUT2D eigenvalue weighted by molar-refractivity contribution is 0.0780. The van der Waals surface area contributed by atoms with E-state index in [4.69, 9.17) is 0 Å². The molecule has 0 atom stereocenters. The Kier molecular flexibility index (Phi) is 3.21. The lowest BCUT2D eigenvalue weighted by atomic mass is 10.2. The molecule has 1 aromatic carbocycles. The standard InChI is InChI=1S/C15H15FN4O/c1-19(8-10-7-17-20(2)9-10)15(21)14-6-11-12(16)4-3-5-13(11)18-14/h3-7,9,18H,8H2,1-2H3. The third-order valence-electron chi connectivity index (χ3n) is 3.37. The van der Waals surface area contributed by atoms with Gasteiger partial charge in [-0.25, -0.2) is 4.39 Å². The van der Waals surface area contributed by atoms with Gasteiger partial charge in [0, 0.05) is 43.3 Å². The number of carbonyl (C=O) groups is 1. The quantitative estimate of drug-likeness (QED) is 0.803. The first-order chi connectivity index (χ1) is 10.0. The molecule has 5 nitrogen and oxygen atoms in total. The van der Waals surface area contributed by atoms with Crippen LogP contribution in [0.15, 0.2) is 36.7 Å². The summed E-state index contributed by atoms with van der Waals surface area (Å²) in [5.41, 5.74) is 1.94. The number of aryl methyl sites for hydroxylation is 1. The van der Waals surface area contributed by atoms with Gasteiger partial charge in [-0.15, -0.1) is 0 Å². The fourth-order valence-corrected chi connectivity index (χ4v) is 2.34. The van der Waals surface area contributed by atoms with Gasteiger partial charge in [-0.3, -0.25) is 9.48 Å². The molecule has 108 valence electrons. The second kappa shape index (κ2) is 5.05. The Bertz CT molecular complexity index is 805. The maximum Gasteiger partial charge on any atom is 0.270 e. The molecule has 0 bridgehead atoms. The van der Waals surface area contributed by atoms with E-state index in [0.717, 1.165) is 5.56 Å². The van der Waals surface area contributed by atoms with Crippen LogP contribution in [0.4, 0.5) is 4.39 Å². The molecule has 0 aliphatic rings. The Labute approximate surface area is 121 Å². The molecule has 0 radical (unpaired) electrons. The number of aromatic amines is 1. The van der Waals surface area contributed by atoms with Crippen LogP contribution in [0.25, 0.3) is 10.9 Å². The zero-order chi connectivity index (χ0) is 15.0. The Balaban J connectivity index is 1.84. The molecule has 0 aliphatic carbocycles. The Morgan fingerprint density at radius 1 is 1.48 bits per heavy atom. The van der Waals surface area contributed by atoms with Gasteiger partial charge in [0.1, 0.15) is 11.5 Å². The zero-order valence-corrected chi connectivity index (χ0v) is 11.8. The van der Waals surface area contributed by atoms with Crippen LogP contribution in [0.2, 0.25) is 0 Å². The van der Waals surface area contributed by atoms with Crippen molar-refractivity contribution < 1.29 is 9.18 Å². The van der Waals surface area contributed by atoms with Gasteiger partial charge in [-0.05, 0) is 18.2 Å². The minimum atomic E-state index is -0.335. The Morgan fingerprint density at radius 2 is 2.29 bits per heavy atom. The summed E-state index contributed by atoms with van der Waals surface area (Å²) in [4.78, 5) is 16.9. The number of benzene rings is 1. The summed E-state index contributed by atoms with van der Waals surface area (Å²) < 4.78 is 15.3. The summed E-state index contributed by atoms with van der Waals surface area (Å²) in [6.07, 6.45) is 3.57. The second-order valence-electron chi connectivity index (χ2n) is 5.07. The first kappa shape index (κ1) is 13.4. The molecule has 0 unspecified atom stereocenters. The van der Waals surface area contributed by atoms with E-state index in [-0.39, 0.29) is 11.7 Å². The number of nitrogens with zero attached hydrogens (tertiary/aromatic N) is 3. The van der Waals surface area contributed by atoms with Crippen LogP contribution in [0, 0.1) is 5.82 Å². The smallest absolute Gasteiger partial charge is 0.270 e. The number of carbonyl (C=O) groups excluding carboxylic acids is 1. The molecule has 3 rings (SSSR count). The lowest BCUT2D eigenvalue weighted by Crippen LogP contribution is -2.26. The Morgan fingerprint density at radius 3 is 2.95 bits per heavy atom. The number of hydrogen-bond acceptors (Lipinski definition) is 2. The second-order valence-corrected chi connectivity index (χ2v) is 5.07. The average Bonchev–Trinajstić information content (AvgIpc) is 3.05. The van der Waals surface area contributed by atoms with Gasteiger partial charge in [0.05, 0.1) is 6.20 Å². The summed E-state index contributed by atoms with van der Waals surface area (Å²) >= 11 is 0. The lowest BCUT2D eigenvalue weighted by Gasteiger charge is -2.14. The predicted molar refractivity (Wildman–Crippen MR) is 77.3 cm³/mol. The minimum absolute atomic E-state index is 0.186. The van der Waals surface area contributed by atoms with Gasteiger partial charge in [0.2, 0.25) is 0 Å². The summed E-state index contributed by atoms with van der Waals surface area (Å²) in [6.45, 7) is 0.449. The van der Waals surface area contributed by atoms with E-state index in [2.05, 4.69) is 10.1 Å². The fourth-order valence-electron chi connectivity index (χ4n) is 2.34. The maximum atomic E-state index is 13.7. The maximum absolute atomic E-state index is 13.7. The highest BCUT2D eigenvalue weighted by Crippen LogP contribution is 2.19. The molecule has 1 N–H and O–H groups in total. The monoisotopic (exact) mass is 286 g/mol. The van der Waals surface area contributed by atoms with Crippen molar-refractivity contribution in [2.45, 2.75) is 6.54 Å². The Hall–Kier alpha value is -2.63. The summed E-state index contributed by atoms with van der Waals surface area (Å²) in [6, 6.07) is 6.29. The third kappa shape index (κ3) is 2.52. The summed E-state index contributed by atoms with van der Waals surface area (Å²) in [5, 5.41) is 4.50. The average molecular weight is 286 g/mol. The van der Waals surface area contributed by atoms with Crippen LogP contribution in [0.5, 0.6) is 0 Å². The van der Waals surface area contributed by atoms with Crippen LogP contribution in [-0.2, 0) is 13.6 Å². The number of amides is 1. The highest BCUT2D eigenvalue weighted by Gasteiger charge is 2.16. The first-order valence-electron chi connectivity index (χ1n) is 6.55. The number of H-pyrrole nitrogens is 1. The van der Waals surface area contributed by atoms with E-state index in [9.17, 15) is 9.18 Å². The fraction of sp³-hybridized carbons (Fsp3) is 0.200. The molecule has 1 amide bonds. The van der Waals surface area contributed by atoms with Crippen molar-refractivity contribution >= 4 is 16.8 Å². The van der Waals surface area contributed by atoms with Gasteiger partial charge in [0.25, 0.3) is 5.91 Å². The molecule has 0 fully saturated rings. The number of hydrogen-bond donors (Lipinski definition) is 1. The topological polar surface area (TPSA) is 53.9 Å². The zero-order valence-electron chi connectivity index (χ0n) is 11.8. The van der Waals surface area contributed by atoms with Gasteiger partial charge in [0.15, 0.2) is 0 Å². The third-order valence-corrected chi connectivity index (χ3v) is 3.37. The van der Waals surface area contributed by atoms with Crippen LogP contribution < -0.4 is 0 Å². The molecule has 2 heterocycles. The van der Waals surface area contributed by atoms with Crippen molar-refractivity contribution in [1.82, 2.24) is 19.7 Å². The molecule has 0 saturated carbocycles. The van der Waals surface area contributed by atoms with E-state index >= 15 is 0 Å². The number of fused-ring (bicyclic) bond motifs is 1. The molecular formula is C15H15FN4O. The summed E-state index contributed by atoms with van der Waals surface area (Å²) in [5.74, 6) is -0.521. The number of aromatic nitrogens is 3. The van der Waals surface area contributed by atoms with Crippen molar-refractivity contribution in [2.24, 2.45) is 7.05 Å². The van der Waals surface area contributed by atoms with E-state index < -0.39 is 0 Å². The predicted octanol–water partition coefficient (Wildman–Crippen LogP) is 2.31. The minimum Gasteiger partial charge on any atom is -0.350 e. The largest absolute Gasteiger partial charge is 0.350 e. The molecule has 3 aromatic rings.